The van der Waals surface area contributed by atoms with Crippen LogP contribution in [-0.4, -0.2) is 50.7 Å². The molecule has 3 aromatic carbocycles. The SMILES string of the molecule is Cl.NCCOCCNC(=O)[C@H](Cc1ccccc1)NC(=O)CCCNCc1ccc(-c2ccccc2)cc1. The number of hydrogen-bond donors (Lipinski definition) is 4. The number of nitrogens with two attached hydrogens (primary N) is 1. The van der Waals surface area contributed by atoms with Gasteiger partial charge in [0.1, 0.15) is 6.04 Å². The van der Waals surface area contributed by atoms with E-state index in [-0.39, 0.29) is 24.2 Å². The van der Waals surface area contributed by atoms with Crippen molar-refractivity contribution in [2.45, 2.75) is 31.8 Å². The first-order valence-electron chi connectivity index (χ1n) is 12.9. The summed E-state index contributed by atoms with van der Waals surface area (Å²) in [6.07, 6.45) is 1.46. The summed E-state index contributed by atoms with van der Waals surface area (Å²) in [7, 11) is 0. The number of amides is 2. The molecule has 8 heteroatoms. The van der Waals surface area contributed by atoms with Crippen LogP contribution in [0.25, 0.3) is 11.1 Å². The number of benzene rings is 3. The third-order valence-electron chi connectivity index (χ3n) is 5.89. The maximum atomic E-state index is 12.7. The first kappa shape index (κ1) is 31.0. The van der Waals surface area contributed by atoms with E-state index in [1.165, 1.54) is 16.7 Å². The lowest BCUT2D eigenvalue weighted by Crippen LogP contribution is -2.48. The van der Waals surface area contributed by atoms with Crippen molar-refractivity contribution in [2.24, 2.45) is 5.73 Å². The van der Waals surface area contributed by atoms with Crippen LogP contribution < -0.4 is 21.7 Å². The van der Waals surface area contributed by atoms with Crippen LogP contribution in [0, 0.1) is 0 Å². The van der Waals surface area contributed by atoms with Gasteiger partial charge in [0.05, 0.1) is 13.2 Å². The fraction of sp³-hybridized carbons (Fsp3) is 0.333. The molecule has 1 atom stereocenters. The number of nitrogens with one attached hydrogen (secondary N) is 3. The zero-order chi connectivity index (χ0) is 26.1. The largest absolute Gasteiger partial charge is 0.378 e. The third kappa shape index (κ3) is 11.4. The predicted octanol–water partition coefficient (Wildman–Crippen LogP) is 3.46. The molecule has 0 aliphatic carbocycles. The summed E-state index contributed by atoms with van der Waals surface area (Å²) in [4.78, 5) is 25.4. The Kier molecular flexibility index (Phi) is 14.8. The average molecular weight is 539 g/mol. The average Bonchev–Trinajstić information content (AvgIpc) is 2.93. The zero-order valence-corrected chi connectivity index (χ0v) is 22.6. The van der Waals surface area contributed by atoms with Gasteiger partial charge in [-0.05, 0) is 35.2 Å². The quantitative estimate of drug-likeness (QED) is 0.209. The van der Waals surface area contributed by atoms with E-state index in [0.717, 1.165) is 12.1 Å². The molecule has 5 N–H and O–H groups in total. The van der Waals surface area contributed by atoms with Gasteiger partial charge in [0.2, 0.25) is 11.8 Å². The Hall–Kier alpha value is -3.23. The molecule has 0 aliphatic heterocycles. The molecule has 0 saturated heterocycles. The van der Waals surface area contributed by atoms with Gasteiger partial charge in [-0.3, -0.25) is 9.59 Å². The van der Waals surface area contributed by atoms with Crippen molar-refractivity contribution < 1.29 is 14.3 Å². The van der Waals surface area contributed by atoms with E-state index >= 15 is 0 Å². The highest BCUT2D eigenvalue weighted by atomic mass is 35.5. The molecule has 0 saturated carbocycles. The Morgan fingerprint density at radius 3 is 2.13 bits per heavy atom. The first-order chi connectivity index (χ1) is 18.2. The standard InChI is InChI=1S/C30H38N4O3.ClH/c31-17-20-37-21-19-33-30(36)28(22-24-8-3-1-4-9-24)34-29(35)12-7-18-32-23-25-13-15-27(16-14-25)26-10-5-2-6-11-26;/h1-6,8-11,13-16,28,32H,7,12,17-23,31H2,(H,33,36)(H,34,35);1H/t28-;/m0./s1. The van der Waals surface area contributed by atoms with E-state index < -0.39 is 6.04 Å². The predicted molar refractivity (Wildman–Crippen MR) is 155 cm³/mol. The van der Waals surface area contributed by atoms with E-state index in [9.17, 15) is 9.59 Å². The smallest absolute Gasteiger partial charge is 0.243 e. The molecular formula is C30H39ClN4O3. The molecule has 0 spiro atoms. The van der Waals surface area contributed by atoms with Gasteiger partial charge >= 0.3 is 0 Å². The molecule has 38 heavy (non-hydrogen) atoms. The van der Waals surface area contributed by atoms with Gasteiger partial charge in [-0.25, -0.2) is 0 Å². The summed E-state index contributed by atoms with van der Waals surface area (Å²) in [6, 6.07) is 27.8. The Bertz CT molecular complexity index is 1070. The van der Waals surface area contributed by atoms with Gasteiger partial charge in [0.15, 0.2) is 0 Å². The Morgan fingerprint density at radius 1 is 0.789 bits per heavy atom. The van der Waals surface area contributed by atoms with Crippen molar-refractivity contribution in [1.29, 1.82) is 0 Å². The van der Waals surface area contributed by atoms with E-state index in [2.05, 4.69) is 52.3 Å². The maximum absolute atomic E-state index is 12.7. The number of carbonyl (C=O) groups is 2. The lowest BCUT2D eigenvalue weighted by Gasteiger charge is -2.19. The fourth-order valence-corrected chi connectivity index (χ4v) is 3.93. The molecule has 0 radical (unpaired) electrons. The van der Waals surface area contributed by atoms with E-state index in [4.69, 9.17) is 10.5 Å². The Labute approximate surface area is 232 Å². The lowest BCUT2D eigenvalue weighted by atomic mass is 10.0. The molecule has 0 heterocycles. The second kappa shape index (κ2) is 18.1. The van der Waals surface area contributed by atoms with Crippen molar-refractivity contribution in [1.82, 2.24) is 16.0 Å². The second-order valence-electron chi connectivity index (χ2n) is 8.85. The number of hydrogen-bond acceptors (Lipinski definition) is 5. The highest BCUT2D eigenvalue weighted by molar-refractivity contribution is 5.87. The molecule has 0 fully saturated rings. The highest BCUT2D eigenvalue weighted by Gasteiger charge is 2.20. The van der Waals surface area contributed by atoms with Gasteiger partial charge in [-0.1, -0.05) is 84.9 Å². The van der Waals surface area contributed by atoms with Crippen LogP contribution in [0.2, 0.25) is 0 Å². The van der Waals surface area contributed by atoms with Crippen LogP contribution in [0.1, 0.15) is 24.0 Å². The monoisotopic (exact) mass is 538 g/mol. The number of carbonyl (C=O) groups excluding carboxylic acids is 2. The lowest BCUT2D eigenvalue weighted by molar-refractivity contribution is -0.129. The van der Waals surface area contributed by atoms with Crippen LogP contribution in [0.4, 0.5) is 0 Å². The van der Waals surface area contributed by atoms with Gasteiger partial charge < -0.3 is 26.4 Å². The molecule has 0 unspecified atom stereocenters. The van der Waals surface area contributed by atoms with Crippen LogP contribution in [0.3, 0.4) is 0 Å². The summed E-state index contributed by atoms with van der Waals surface area (Å²) in [5.41, 5.74) is 9.98. The molecule has 3 aromatic rings. The summed E-state index contributed by atoms with van der Waals surface area (Å²) in [5, 5.41) is 9.15. The minimum absolute atomic E-state index is 0. The van der Waals surface area contributed by atoms with E-state index in [1.54, 1.807) is 0 Å². The number of halogens is 1. The normalized spacial score (nSPS) is 11.3. The third-order valence-corrected chi connectivity index (χ3v) is 5.89. The minimum Gasteiger partial charge on any atom is -0.378 e. The number of ether oxygens (including phenoxy) is 1. The summed E-state index contributed by atoms with van der Waals surface area (Å²) in [5.74, 6) is -0.352. The molecule has 0 aliphatic rings. The first-order valence-corrected chi connectivity index (χ1v) is 12.9. The topological polar surface area (TPSA) is 105 Å². The Balaban J connectivity index is 0.00000507. The number of rotatable bonds is 16. The van der Waals surface area contributed by atoms with E-state index in [1.807, 2.05) is 48.5 Å². The van der Waals surface area contributed by atoms with Crippen molar-refractivity contribution in [2.75, 3.05) is 32.8 Å². The maximum Gasteiger partial charge on any atom is 0.243 e. The van der Waals surface area contributed by atoms with Crippen molar-refractivity contribution in [3.05, 3.63) is 96.1 Å². The minimum atomic E-state index is -0.638. The molecular weight excluding hydrogens is 500 g/mol. The summed E-state index contributed by atoms with van der Waals surface area (Å²) >= 11 is 0. The second-order valence-corrected chi connectivity index (χ2v) is 8.85. The van der Waals surface area contributed by atoms with Crippen LogP contribution in [-0.2, 0) is 27.3 Å². The van der Waals surface area contributed by atoms with Crippen molar-refractivity contribution in [3.63, 3.8) is 0 Å². The van der Waals surface area contributed by atoms with Gasteiger partial charge in [-0.15, -0.1) is 12.4 Å². The van der Waals surface area contributed by atoms with Gasteiger partial charge in [0, 0.05) is 32.5 Å². The molecule has 2 amide bonds. The van der Waals surface area contributed by atoms with Gasteiger partial charge in [-0.2, -0.15) is 0 Å². The molecule has 3 rings (SSSR count). The van der Waals surface area contributed by atoms with Crippen molar-refractivity contribution in [3.8, 4) is 11.1 Å². The van der Waals surface area contributed by atoms with Crippen molar-refractivity contribution >= 4 is 24.2 Å². The molecule has 0 aromatic heterocycles. The summed E-state index contributed by atoms with van der Waals surface area (Å²) < 4.78 is 5.31. The van der Waals surface area contributed by atoms with Gasteiger partial charge in [0.25, 0.3) is 0 Å². The van der Waals surface area contributed by atoms with Crippen LogP contribution >= 0.6 is 12.4 Å². The summed E-state index contributed by atoms with van der Waals surface area (Å²) in [6.45, 7) is 3.10. The van der Waals surface area contributed by atoms with Crippen LogP contribution in [0.15, 0.2) is 84.9 Å². The van der Waals surface area contributed by atoms with Crippen LogP contribution in [0.5, 0.6) is 0 Å². The fourth-order valence-electron chi connectivity index (χ4n) is 3.93. The molecule has 0 bridgehead atoms. The van der Waals surface area contributed by atoms with E-state index in [0.29, 0.717) is 52.1 Å². The zero-order valence-electron chi connectivity index (χ0n) is 21.7. The molecule has 7 nitrogen and oxygen atoms in total. The Morgan fingerprint density at radius 2 is 1.45 bits per heavy atom. The highest BCUT2D eigenvalue weighted by Crippen LogP contribution is 2.19. The molecule has 204 valence electrons.